The lowest BCUT2D eigenvalue weighted by Gasteiger charge is -2.33. The number of aromatic nitrogens is 1. The molecular formula is C29H37N5O4S. The molecule has 2 aromatic carbocycles. The van der Waals surface area contributed by atoms with E-state index in [0.29, 0.717) is 45.6 Å². The number of hydrogen-bond donors (Lipinski definition) is 3. The Morgan fingerprint density at radius 1 is 0.923 bits per heavy atom. The predicted molar refractivity (Wildman–Crippen MR) is 152 cm³/mol. The number of aromatic amines is 1. The Morgan fingerprint density at radius 2 is 1.62 bits per heavy atom. The van der Waals surface area contributed by atoms with Gasteiger partial charge in [-0.3, -0.25) is 9.59 Å². The lowest BCUT2D eigenvalue weighted by Crippen LogP contribution is -2.44. The molecule has 10 heteroatoms. The molecule has 2 aliphatic rings. The van der Waals surface area contributed by atoms with E-state index in [1.807, 2.05) is 42.6 Å². The second kappa shape index (κ2) is 11.5. The Kier molecular flexibility index (Phi) is 8.06. The summed E-state index contributed by atoms with van der Waals surface area (Å²) in [5.41, 5.74) is 16.0. The molecule has 0 spiro atoms. The van der Waals surface area contributed by atoms with Gasteiger partial charge in [0, 0.05) is 42.7 Å². The number of benzene rings is 2. The number of likely N-dealkylation sites (tertiary alicyclic amines) is 1. The van der Waals surface area contributed by atoms with Gasteiger partial charge in [0.1, 0.15) is 0 Å². The fourth-order valence-electron chi connectivity index (χ4n) is 6.05. The van der Waals surface area contributed by atoms with Crippen LogP contribution in [0.5, 0.6) is 0 Å². The van der Waals surface area contributed by atoms with E-state index in [1.165, 1.54) is 0 Å². The van der Waals surface area contributed by atoms with E-state index in [2.05, 4.69) is 16.0 Å². The summed E-state index contributed by atoms with van der Waals surface area (Å²) < 4.78 is 27.9. The first-order valence-electron chi connectivity index (χ1n) is 13.7. The van der Waals surface area contributed by atoms with Crippen molar-refractivity contribution in [3.8, 4) is 11.1 Å². The van der Waals surface area contributed by atoms with Gasteiger partial charge in [0.05, 0.1) is 12.2 Å². The highest BCUT2D eigenvalue weighted by Crippen LogP contribution is 2.37. The number of nitrogens with zero attached hydrogens (tertiary/aromatic N) is 2. The molecule has 0 aliphatic carbocycles. The molecule has 0 saturated carbocycles. The lowest BCUT2D eigenvalue weighted by molar-refractivity contribution is -0.123. The molecule has 39 heavy (non-hydrogen) atoms. The third-order valence-corrected chi connectivity index (χ3v) is 10.2. The Labute approximate surface area is 229 Å². The molecule has 0 radical (unpaired) electrons. The smallest absolute Gasteiger partial charge is 0.221 e. The van der Waals surface area contributed by atoms with Crippen LogP contribution in [0, 0.1) is 5.92 Å². The average molecular weight is 552 g/mol. The molecule has 5 rings (SSSR count). The third-order valence-electron chi connectivity index (χ3n) is 8.32. The highest BCUT2D eigenvalue weighted by Gasteiger charge is 2.31. The molecule has 2 aliphatic heterocycles. The van der Waals surface area contributed by atoms with E-state index in [4.69, 9.17) is 11.5 Å². The van der Waals surface area contributed by atoms with Crippen LogP contribution in [0.1, 0.15) is 42.7 Å². The molecule has 9 nitrogen and oxygen atoms in total. The van der Waals surface area contributed by atoms with Crippen LogP contribution in [0.3, 0.4) is 0 Å². The summed E-state index contributed by atoms with van der Waals surface area (Å²) in [5, 5.41) is 1.06. The standard InChI is InChI=1S/C29H37N5O4S/c30-27(35)18-24-16-23(20-4-2-1-3-5-20)17-25-26(19-32-28(24)25)21-8-12-34(13-9-21)39(37,38)15-14-33-10-6-22(7-11-33)29(31)36/h1-5,16-17,19,21-22,32H,6-15,18H2,(H2,30,35)(H2,31,36). The van der Waals surface area contributed by atoms with Crippen molar-refractivity contribution in [3.05, 3.63) is 59.8 Å². The van der Waals surface area contributed by atoms with E-state index in [1.54, 1.807) is 4.31 Å². The van der Waals surface area contributed by atoms with E-state index >= 15 is 0 Å². The molecule has 3 heterocycles. The molecule has 3 aromatic rings. The minimum Gasteiger partial charge on any atom is -0.369 e. The van der Waals surface area contributed by atoms with Gasteiger partial charge in [0.15, 0.2) is 0 Å². The molecule has 2 saturated heterocycles. The van der Waals surface area contributed by atoms with Gasteiger partial charge in [-0.05, 0) is 79.1 Å². The van der Waals surface area contributed by atoms with Crippen LogP contribution in [-0.4, -0.2) is 72.9 Å². The Hall–Kier alpha value is -3.21. The number of carbonyl (C=O) groups excluding carboxylic acids is 2. The molecule has 0 bridgehead atoms. The second-order valence-corrected chi connectivity index (χ2v) is 12.9. The highest BCUT2D eigenvalue weighted by molar-refractivity contribution is 7.89. The number of piperidine rings is 2. The lowest BCUT2D eigenvalue weighted by atomic mass is 9.88. The first-order chi connectivity index (χ1) is 18.7. The quantitative estimate of drug-likeness (QED) is 0.375. The van der Waals surface area contributed by atoms with Crippen molar-refractivity contribution >= 4 is 32.7 Å². The van der Waals surface area contributed by atoms with Crippen molar-refractivity contribution in [2.45, 2.75) is 38.0 Å². The Balaban J connectivity index is 1.27. The fraction of sp³-hybridized carbons (Fsp3) is 0.448. The molecule has 208 valence electrons. The van der Waals surface area contributed by atoms with Crippen LogP contribution in [0.2, 0.25) is 0 Å². The minimum atomic E-state index is -3.37. The number of nitrogens with two attached hydrogens (primary N) is 2. The summed E-state index contributed by atoms with van der Waals surface area (Å²) in [5.74, 6) is -0.445. The fourth-order valence-corrected chi connectivity index (χ4v) is 7.56. The molecule has 2 amide bonds. The third kappa shape index (κ3) is 6.18. The monoisotopic (exact) mass is 551 g/mol. The Bertz CT molecular complexity index is 1440. The number of amides is 2. The molecular weight excluding hydrogens is 514 g/mol. The van der Waals surface area contributed by atoms with Gasteiger partial charge in [-0.15, -0.1) is 0 Å². The van der Waals surface area contributed by atoms with Crippen LogP contribution in [-0.2, 0) is 26.0 Å². The summed E-state index contributed by atoms with van der Waals surface area (Å²) in [6, 6.07) is 14.2. The molecule has 1 aromatic heterocycles. The van der Waals surface area contributed by atoms with Gasteiger partial charge in [-0.2, -0.15) is 0 Å². The van der Waals surface area contributed by atoms with Crippen LogP contribution >= 0.6 is 0 Å². The van der Waals surface area contributed by atoms with Crippen molar-refractivity contribution in [2.24, 2.45) is 17.4 Å². The van der Waals surface area contributed by atoms with Crippen LogP contribution < -0.4 is 11.5 Å². The molecule has 2 fully saturated rings. The number of fused-ring (bicyclic) bond motifs is 1. The van der Waals surface area contributed by atoms with Crippen molar-refractivity contribution in [3.63, 3.8) is 0 Å². The molecule has 0 atom stereocenters. The summed E-state index contributed by atoms with van der Waals surface area (Å²) >= 11 is 0. The number of sulfonamides is 1. The summed E-state index contributed by atoms with van der Waals surface area (Å²) in [4.78, 5) is 28.7. The SMILES string of the molecule is NC(=O)Cc1cc(-c2ccccc2)cc2c(C3CCN(S(=O)(=O)CCN4CCC(C(N)=O)CC4)CC3)c[nH]c12. The van der Waals surface area contributed by atoms with Crippen molar-refractivity contribution in [1.82, 2.24) is 14.2 Å². The van der Waals surface area contributed by atoms with Crippen molar-refractivity contribution < 1.29 is 18.0 Å². The van der Waals surface area contributed by atoms with E-state index in [-0.39, 0.29) is 35.8 Å². The summed E-state index contributed by atoms with van der Waals surface area (Å²) in [7, 11) is -3.37. The van der Waals surface area contributed by atoms with Gasteiger partial charge in [-0.1, -0.05) is 30.3 Å². The van der Waals surface area contributed by atoms with Crippen molar-refractivity contribution in [1.29, 1.82) is 0 Å². The minimum absolute atomic E-state index is 0.0862. The number of carbonyl (C=O) groups is 2. The zero-order chi connectivity index (χ0) is 27.6. The van der Waals surface area contributed by atoms with Crippen molar-refractivity contribution in [2.75, 3.05) is 38.5 Å². The number of rotatable bonds is 9. The van der Waals surface area contributed by atoms with Crippen LogP contribution in [0.15, 0.2) is 48.7 Å². The van der Waals surface area contributed by atoms with E-state index in [9.17, 15) is 18.0 Å². The number of H-pyrrole nitrogens is 1. The first-order valence-corrected chi connectivity index (χ1v) is 15.3. The highest BCUT2D eigenvalue weighted by atomic mass is 32.2. The summed E-state index contributed by atoms with van der Waals surface area (Å²) in [6.45, 7) is 2.84. The predicted octanol–water partition coefficient (Wildman–Crippen LogP) is 2.57. The number of hydrogen-bond acceptors (Lipinski definition) is 5. The van der Waals surface area contributed by atoms with E-state index < -0.39 is 10.0 Å². The second-order valence-electron chi connectivity index (χ2n) is 10.8. The van der Waals surface area contributed by atoms with Gasteiger partial charge < -0.3 is 21.4 Å². The summed E-state index contributed by atoms with van der Waals surface area (Å²) in [6.07, 6.45) is 5.01. The normalized spacial score (nSPS) is 18.5. The zero-order valence-electron chi connectivity index (χ0n) is 22.1. The van der Waals surface area contributed by atoms with Gasteiger partial charge in [0.2, 0.25) is 21.8 Å². The Morgan fingerprint density at radius 3 is 2.26 bits per heavy atom. The molecule has 0 unspecified atom stereocenters. The molecule has 5 N–H and O–H groups in total. The average Bonchev–Trinajstić information content (AvgIpc) is 3.37. The largest absolute Gasteiger partial charge is 0.369 e. The number of nitrogens with one attached hydrogen (secondary N) is 1. The van der Waals surface area contributed by atoms with Crippen LogP contribution in [0.4, 0.5) is 0 Å². The van der Waals surface area contributed by atoms with Gasteiger partial charge >= 0.3 is 0 Å². The van der Waals surface area contributed by atoms with Gasteiger partial charge in [-0.25, -0.2) is 12.7 Å². The first kappa shape index (κ1) is 27.4. The topological polar surface area (TPSA) is 143 Å². The van der Waals surface area contributed by atoms with Gasteiger partial charge in [0.25, 0.3) is 0 Å². The zero-order valence-corrected chi connectivity index (χ0v) is 23.0. The maximum absolute atomic E-state index is 13.1. The maximum atomic E-state index is 13.1. The maximum Gasteiger partial charge on any atom is 0.221 e. The number of primary amides is 2. The van der Waals surface area contributed by atoms with E-state index in [0.717, 1.165) is 46.0 Å². The van der Waals surface area contributed by atoms with Crippen LogP contribution in [0.25, 0.3) is 22.0 Å².